The lowest BCUT2D eigenvalue weighted by atomic mass is 10.3. The van der Waals surface area contributed by atoms with Gasteiger partial charge in [0.25, 0.3) is 15.7 Å². The molecule has 0 heterocycles. The van der Waals surface area contributed by atoms with Crippen LogP contribution in [0.15, 0.2) is 47.4 Å². The van der Waals surface area contributed by atoms with Crippen LogP contribution in [-0.4, -0.2) is 20.5 Å². The molecule has 0 saturated heterocycles. The number of nitrogens with one attached hydrogen (secondary N) is 1. The predicted molar refractivity (Wildman–Crippen MR) is 76.9 cm³/mol. The number of rotatable bonds is 5. The number of methoxy groups -OCH3 is 1. The number of nitro groups is 1. The highest BCUT2D eigenvalue weighted by Crippen LogP contribution is 2.27. The van der Waals surface area contributed by atoms with Crippen LogP contribution in [0.2, 0.25) is 0 Å². The van der Waals surface area contributed by atoms with E-state index in [9.17, 15) is 22.9 Å². The summed E-state index contributed by atoms with van der Waals surface area (Å²) >= 11 is 0. The molecule has 0 aliphatic rings. The van der Waals surface area contributed by atoms with Crippen molar-refractivity contribution in [2.45, 2.75) is 4.90 Å². The first-order valence-corrected chi connectivity index (χ1v) is 7.42. The molecule has 116 valence electrons. The number of hydrogen-bond acceptors (Lipinski definition) is 5. The van der Waals surface area contributed by atoms with E-state index in [1.807, 2.05) is 0 Å². The van der Waals surface area contributed by atoms with Crippen LogP contribution >= 0.6 is 0 Å². The molecule has 9 heteroatoms. The molecule has 0 unspecified atom stereocenters. The second-order valence-electron chi connectivity index (χ2n) is 4.21. The van der Waals surface area contributed by atoms with Gasteiger partial charge in [-0.05, 0) is 24.3 Å². The second kappa shape index (κ2) is 5.98. The lowest BCUT2D eigenvalue weighted by Crippen LogP contribution is -2.15. The third kappa shape index (κ3) is 3.31. The number of sulfonamides is 1. The Morgan fingerprint density at radius 1 is 1.23 bits per heavy atom. The number of anilines is 1. The van der Waals surface area contributed by atoms with Crippen molar-refractivity contribution in [2.75, 3.05) is 11.8 Å². The van der Waals surface area contributed by atoms with E-state index in [2.05, 4.69) is 4.72 Å². The Hall–Kier alpha value is -2.68. The van der Waals surface area contributed by atoms with Gasteiger partial charge in [-0.1, -0.05) is 6.07 Å². The summed E-state index contributed by atoms with van der Waals surface area (Å²) < 4.78 is 44.8. The highest BCUT2D eigenvalue weighted by molar-refractivity contribution is 7.92. The van der Waals surface area contributed by atoms with Gasteiger partial charge in [-0.25, -0.2) is 12.8 Å². The molecule has 7 nitrogen and oxygen atoms in total. The van der Waals surface area contributed by atoms with Crippen molar-refractivity contribution in [1.29, 1.82) is 0 Å². The number of hydrogen-bond donors (Lipinski definition) is 1. The summed E-state index contributed by atoms with van der Waals surface area (Å²) in [6.07, 6.45) is 0. The van der Waals surface area contributed by atoms with Crippen molar-refractivity contribution < 1.29 is 22.5 Å². The van der Waals surface area contributed by atoms with Crippen LogP contribution in [0.25, 0.3) is 0 Å². The van der Waals surface area contributed by atoms with Crippen LogP contribution in [0.5, 0.6) is 5.75 Å². The lowest BCUT2D eigenvalue weighted by Gasteiger charge is -2.09. The van der Waals surface area contributed by atoms with Crippen LogP contribution in [-0.2, 0) is 10.0 Å². The summed E-state index contributed by atoms with van der Waals surface area (Å²) in [6, 6.07) is 8.26. The Bertz CT molecular complexity index is 823. The fraction of sp³-hybridized carbons (Fsp3) is 0.0769. The number of nitro benzene ring substituents is 1. The van der Waals surface area contributed by atoms with Crippen molar-refractivity contribution in [3.8, 4) is 5.75 Å². The molecule has 0 atom stereocenters. The average molecular weight is 326 g/mol. The number of halogens is 1. The van der Waals surface area contributed by atoms with E-state index in [0.717, 1.165) is 12.1 Å². The fourth-order valence-electron chi connectivity index (χ4n) is 1.76. The Balaban J connectivity index is 2.44. The zero-order chi connectivity index (χ0) is 16.3. The molecule has 0 bridgehead atoms. The molecule has 0 aliphatic carbocycles. The first kappa shape index (κ1) is 15.7. The van der Waals surface area contributed by atoms with E-state index in [1.54, 1.807) is 12.1 Å². The molecule has 0 spiro atoms. The SMILES string of the molecule is COc1cccc(NS(=O)(=O)c2ccc(F)cc2[N+](=O)[O-])c1. The fourth-order valence-corrected chi connectivity index (χ4v) is 2.96. The predicted octanol–water partition coefficient (Wildman–Crippen LogP) is 2.54. The maximum atomic E-state index is 13.1. The molecule has 0 amide bonds. The van der Waals surface area contributed by atoms with Crippen molar-refractivity contribution in [2.24, 2.45) is 0 Å². The summed E-state index contributed by atoms with van der Waals surface area (Å²) in [4.78, 5) is 9.32. The first-order chi connectivity index (χ1) is 10.3. The Kier molecular flexibility index (Phi) is 4.27. The maximum Gasteiger partial charge on any atom is 0.292 e. The van der Waals surface area contributed by atoms with Gasteiger partial charge in [-0.3, -0.25) is 14.8 Å². The summed E-state index contributed by atoms with van der Waals surface area (Å²) in [5.41, 5.74) is -0.673. The van der Waals surface area contributed by atoms with Gasteiger partial charge in [-0.2, -0.15) is 0 Å². The van der Waals surface area contributed by atoms with Gasteiger partial charge >= 0.3 is 0 Å². The van der Waals surface area contributed by atoms with Gasteiger partial charge in [0, 0.05) is 6.07 Å². The quantitative estimate of drug-likeness (QED) is 0.672. The monoisotopic (exact) mass is 326 g/mol. The van der Waals surface area contributed by atoms with Crippen LogP contribution in [0.1, 0.15) is 0 Å². The minimum atomic E-state index is -4.24. The molecule has 0 aromatic heterocycles. The van der Waals surface area contributed by atoms with E-state index in [-0.39, 0.29) is 5.69 Å². The second-order valence-corrected chi connectivity index (χ2v) is 5.86. The van der Waals surface area contributed by atoms with Gasteiger partial charge < -0.3 is 4.74 Å². The maximum absolute atomic E-state index is 13.1. The van der Waals surface area contributed by atoms with Crippen molar-refractivity contribution in [3.05, 3.63) is 58.4 Å². The van der Waals surface area contributed by atoms with Crippen LogP contribution < -0.4 is 9.46 Å². The molecule has 2 aromatic carbocycles. The van der Waals surface area contributed by atoms with Gasteiger partial charge in [0.2, 0.25) is 0 Å². The minimum Gasteiger partial charge on any atom is -0.497 e. The lowest BCUT2D eigenvalue weighted by molar-refractivity contribution is -0.388. The third-order valence-electron chi connectivity index (χ3n) is 2.73. The van der Waals surface area contributed by atoms with Gasteiger partial charge in [0.05, 0.1) is 23.8 Å². The smallest absolute Gasteiger partial charge is 0.292 e. The summed E-state index contributed by atoms with van der Waals surface area (Å²) in [5.74, 6) is -0.485. The topological polar surface area (TPSA) is 98.5 Å². The molecular formula is C13H11FN2O5S. The molecule has 2 rings (SSSR count). The Morgan fingerprint density at radius 3 is 2.59 bits per heavy atom. The highest BCUT2D eigenvalue weighted by atomic mass is 32.2. The van der Waals surface area contributed by atoms with E-state index >= 15 is 0 Å². The zero-order valence-electron chi connectivity index (χ0n) is 11.3. The molecular weight excluding hydrogens is 315 g/mol. The zero-order valence-corrected chi connectivity index (χ0v) is 12.1. The largest absolute Gasteiger partial charge is 0.497 e. The van der Waals surface area contributed by atoms with Crippen molar-refractivity contribution in [3.63, 3.8) is 0 Å². The molecule has 1 N–H and O–H groups in total. The third-order valence-corrected chi connectivity index (χ3v) is 4.16. The van der Waals surface area contributed by atoms with Crippen molar-refractivity contribution in [1.82, 2.24) is 0 Å². The average Bonchev–Trinajstić information content (AvgIpc) is 2.46. The summed E-state index contributed by atoms with van der Waals surface area (Å²) in [6.45, 7) is 0. The molecule has 2 aromatic rings. The molecule has 0 saturated carbocycles. The number of ether oxygens (including phenoxy) is 1. The normalized spacial score (nSPS) is 11.0. The van der Waals surface area contributed by atoms with Gasteiger partial charge in [-0.15, -0.1) is 0 Å². The van der Waals surface area contributed by atoms with Crippen molar-refractivity contribution >= 4 is 21.4 Å². The Labute approximate surface area is 125 Å². The standard InChI is InChI=1S/C13H11FN2O5S/c1-21-11-4-2-3-10(8-11)15-22(19,20)13-6-5-9(14)7-12(13)16(17)18/h2-8,15H,1H3. The summed E-state index contributed by atoms with van der Waals surface area (Å²) in [5, 5.41) is 10.9. The first-order valence-electron chi connectivity index (χ1n) is 5.94. The number of nitrogens with zero attached hydrogens (tertiary/aromatic N) is 1. The summed E-state index contributed by atoms with van der Waals surface area (Å²) in [7, 11) is -2.83. The van der Waals surface area contributed by atoms with Gasteiger partial charge in [0.15, 0.2) is 4.90 Å². The minimum absolute atomic E-state index is 0.165. The van der Waals surface area contributed by atoms with E-state index < -0.39 is 31.3 Å². The molecule has 0 aliphatic heterocycles. The van der Waals surface area contributed by atoms with Crippen LogP contribution in [0.3, 0.4) is 0 Å². The highest BCUT2D eigenvalue weighted by Gasteiger charge is 2.26. The van der Waals surface area contributed by atoms with Crippen LogP contribution in [0.4, 0.5) is 15.8 Å². The van der Waals surface area contributed by atoms with E-state index in [0.29, 0.717) is 11.8 Å². The van der Waals surface area contributed by atoms with Crippen LogP contribution in [0, 0.1) is 15.9 Å². The van der Waals surface area contributed by atoms with Gasteiger partial charge in [0.1, 0.15) is 11.6 Å². The van der Waals surface area contributed by atoms with E-state index in [4.69, 9.17) is 4.74 Å². The molecule has 0 fully saturated rings. The molecule has 22 heavy (non-hydrogen) atoms. The molecule has 0 radical (unpaired) electrons. The Morgan fingerprint density at radius 2 is 1.95 bits per heavy atom. The van der Waals surface area contributed by atoms with E-state index in [1.165, 1.54) is 19.2 Å². The number of benzene rings is 2.